The molecule has 0 saturated heterocycles. The minimum atomic E-state index is -4.16. The van der Waals surface area contributed by atoms with Crippen molar-refractivity contribution in [2.24, 2.45) is 0 Å². The quantitative estimate of drug-likeness (QED) is 0.404. The third kappa shape index (κ3) is 3.86. The van der Waals surface area contributed by atoms with Crippen LogP contribution in [-0.4, -0.2) is 8.42 Å². The Kier molecular flexibility index (Phi) is 5.06. The number of rotatable bonds is 5. The molecular weight excluding hydrogens is 419 g/mol. The summed E-state index contributed by atoms with van der Waals surface area (Å²) < 4.78 is 69.2. The summed E-state index contributed by atoms with van der Waals surface area (Å²) in [6.07, 6.45) is 0. The predicted molar refractivity (Wildman–Crippen MR) is 108 cm³/mol. The lowest BCUT2D eigenvalue weighted by Gasteiger charge is -2.23. The van der Waals surface area contributed by atoms with E-state index >= 15 is 0 Å². The normalized spacial score (nSPS) is 11.7. The number of benzene rings is 3. The molecule has 148 valence electrons. The van der Waals surface area contributed by atoms with E-state index in [0.717, 1.165) is 38.7 Å². The average molecular weight is 433 g/mol. The molecular formula is C21H14F3NO2S2. The van der Waals surface area contributed by atoms with Gasteiger partial charge in [0, 0.05) is 4.70 Å². The van der Waals surface area contributed by atoms with Gasteiger partial charge in [0.05, 0.1) is 11.4 Å². The summed E-state index contributed by atoms with van der Waals surface area (Å²) in [5.41, 5.74) is 0.265. The van der Waals surface area contributed by atoms with Crippen LogP contribution in [0.3, 0.4) is 0 Å². The molecule has 0 N–H and O–H groups in total. The van der Waals surface area contributed by atoms with E-state index in [1.54, 1.807) is 6.07 Å². The van der Waals surface area contributed by atoms with Crippen LogP contribution in [0, 0.1) is 17.5 Å². The molecule has 0 aliphatic rings. The zero-order valence-corrected chi connectivity index (χ0v) is 16.5. The summed E-state index contributed by atoms with van der Waals surface area (Å²) in [6.45, 7) is -0.233. The van der Waals surface area contributed by atoms with Gasteiger partial charge in [-0.3, -0.25) is 4.31 Å². The van der Waals surface area contributed by atoms with Gasteiger partial charge in [0.2, 0.25) is 0 Å². The molecule has 3 nitrogen and oxygen atoms in total. The summed E-state index contributed by atoms with van der Waals surface area (Å²) in [6, 6.07) is 17.0. The molecule has 0 bridgehead atoms. The largest absolute Gasteiger partial charge is 0.265 e. The molecule has 0 saturated carbocycles. The third-order valence-corrected chi connectivity index (χ3v) is 7.36. The standard InChI is InChI=1S/C21H14F3NO2S2/c22-16-5-3-6-17(12-16)29(26,27)25(13-14-8-9-18(23)19(24)10-14)21-11-15-4-1-2-7-20(15)28-21/h1-12H,13H2. The highest BCUT2D eigenvalue weighted by Gasteiger charge is 2.27. The number of thiophene rings is 1. The van der Waals surface area contributed by atoms with Gasteiger partial charge in [-0.15, -0.1) is 11.3 Å². The van der Waals surface area contributed by atoms with E-state index in [-0.39, 0.29) is 17.0 Å². The van der Waals surface area contributed by atoms with Crippen molar-refractivity contribution in [1.82, 2.24) is 0 Å². The van der Waals surface area contributed by atoms with Crippen LogP contribution in [0.1, 0.15) is 5.56 Å². The monoisotopic (exact) mass is 433 g/mol. The number of fused-ring (bicyclic) bond motifs is 1. The van der Waals surface area contributed by atoms with Crippen molar-refractivity contribution in [3.63, 3.8) is 0 Å². The molecule has 0 fully saturated rings. The molecule has 29 heavy (non-hydrogen) atoms. The Balaban J connectivity index is 1.85. The second kappa shape index (κ2) is 7.53. The van der Waals surface area contributed by atoms with E-state index in [9.17, 15) is 21.6 Å². The van der Waals surface area contributed by atoms with Crippen LogP contribution in [0.4, 0.5) is 18.2 Å². The maximum Gasteiger partial charge on any atom is 0.265 e. The molecule has 1 heterocycles. The first-order valence-corrected chi connectivity index (χ1v) is 10.8. The lowest BCUT2D eigenvalue weighted by molar-refractivity contribution is 0.507. The van der Waals surface area contributed by atoms with Gasteiger partial charge in [0.1, 0.15) is 10.8 Å². The fourth-order valence-corrected chi connectivity index (χ4v) is 5.68. The van der Waals surface area contributed by atoms with E-state index in [4.69, 9.17) is 0 Å². The van der Waals surface area contributed by atoms with E-state index < -0.39 is 27.5 Å². The molecule has 4 aromatic rings. The van der Waals surface area contributed by atoms with Gasteiger partial charge in [-0.1, -0.05) is 30.3 Å². The first kappa shape index (κ1) is 19.5. The molecule has 4 rings (SSSR count). The lowest BCUT2D eigenvalue weighted by atomic mass is 10.2. The molecule has 0 amide bonds. The van der Waals surface area contributed by atoms with Crippen LogP contribution in [0.15, 0.2) is 77.7 Å². The Morgan fingerprint density at radius 3 is 2.34 bits per heavy atom. The fraction of sp³-hybridized carbons (Fsp3) is 0.0476. The van der Waals surface area contributed by atoms with Gasteiger partial charge in [-0.2, -0.15) is 0 Å². The van der Waals surface area contributed by atoms with Crippen molar-refractivity contribution in [1.29, 1.82) is 0 Å². The van der Waals surface area contributed by atoms with Crippen LogP contribution in [0.25, 0.3) is 10.1 Å². The molecule has 0 atom stereocenters. The average Bonchev–Trinajstić information content (AvgIpc) is 3.12. The van der Waals surface area contributed by atoms with E-state index in [2.05, 4.69) is 0 Å². The lowest BCUT2D eigenvalue weighted by Crippen LogP contribution is -2.30. The number of hydrogen-bond donors (Lipinski definition) is 0. The summed E-state index contributed by atoms with van der Waals surface area (Å²) in [5.74, 6) is -2.77. The van der Waals surface area contributed by atoms with Gasteiger partial charge in [-0.05, 0) is 53.4 Å². The van der Waals surface area contributed by atoms with Crippen molar-refractivity contribution in [3.8, 4) is 0 Å². The van der Waals surface area contributed by atoms with Gasteiger partial charge < -0.3 is 0 Å². The molecule has 0 aliphatic carbocycles. The first-order chi connectivity index (χ1) is 13.8. The smallest absolute Gasteiger partial charge is 0.253 e. The van der Waals surface area contributed by atoms with Crippen LogP contribution in [-0.2, 0) is 16.6 Å². The highest BCUT2D eigenvalue weighted by molar-refractivity contribution is 7.93. The highest BCUT2D eigenvalue weighted by atomic mass is 32.2. The van der Waals surface area contributed by atoms with Crippen molar-refractivity contribution in [2.75, 3.05) is 4.31 Å². The number of halogens is 3. The Hall–Kier alpha value is -2.84. The van der Waals surface area contributed by atoms with Crippen LogP contribution in [0.2, 0.25) is 0 Å². The molecule has 0 spiro atoms. The minimum absolute atomic E-state index is 0.225. The van der Waals surface area contributed by atoms with Crippen LogP contribution >= 0.6 is 11.3 Å². The van der Waals surface area contributed by atoms with Crippen molar-refractivity contribution in [2.45, 2.75) is 11.4 Å². The third-order valence-electron chi connectivity index (χ3n) is 4.35. The Bertz CT molecular complexity index is 1270. The highest BCUT2D eigenvalue weighted by Crippen LogP contribution is 2.36. The first-order valence-electron chi connectivity index (χ1n) is 8.55. The van der Waals surface area contributed by atoms with Gasteiger partial charge in [0.25, 0.3) is 10.0 Å². The van der Waals surface area contributed by atoms with E-state index in [1.165, 1.54) is 29.5 Å². The van der Waals surface area contributed by atoms with Crippen LogP contribution < -0.4 is 4.31 Å². The van der Waals surface area contributed by atoms with Gasteiger partial charge in [-0.25, -0.2) is 21.6 Å². The van der Waals surface area contributed by atoms with Gasteiger partial charge >= 0.3 is 0 Å². The Morgan fingerprint density at radius 1 is 0.828 bits per heavy atom. The summed E-state index contributed by atoms with van der Waals surface area (Å²) in [7, 11) is -4.16. The fourth-order valence-electron chi connectivity index (χ4n) is 2.93. The maximum atomic E-state index is 13.7. The molecule has 1 aromatic heterocycles. The number of anilines is 1. The zero-order valence-electron chi connectivity index (χ0n) is 14.8. The number of hydrogen-bond acceptors (Lipinski definition) is 3. The van der Waals surface area contributed by atoms with Crippen LogP contribution in [0.5, 0.6) is 0 Å². The van der Waals surface area contributed by atoms with E-state index in [1.807, 2.05) is 24.3 Å². The molecule has 0 aliphatic heterocycles. The summed E-state index contributed by atoms with van der Waals surface area (Å²) >= 11 is 1.24. The van der Waals surface area contributed by atoms with Crippen molar-refractivity contribution >= 4 is 36.4 Å². The Labute approximate surface area is 169 Å². The molecule has 0 unspecified atom stereocenters. The minimum Gasteiger partial charge on any atom is -0.253 e. The maximum absolute atomic E-state index is 13.7. The SMILES string of the molecule is O=S(=O)(c1cccc(F)c1)N(Cc1ccc(F)c(F)c1)c1cc2ccccc2s1. The van der Waals surface area contributed by atoms with Crippen molar-refractivity contribution in [3.05, 3.63) is 95.8 Å². The predicted octanol–water partition coefficient (Wildman–Crippen LogP) is 5.71. The molecule has 0 radical (unpaired) electrons. The molecule has 8 heteroatoms. The van der Waals surface area contributed by atoms with Gasteiger partial charge in [0.15, 0.2) is 11.6 Å². The number of sulfonamides is 1. The molecule has 3 aromatic carbocycles. The summed E-state index contributed by atoms with van der Waals surface area (Å²) in [4.78, 5) is -0.225. The van der Waals surface area contributed by atoms with E-state index in [0.29, 0.717) is 5.00 Å². The topological polar surface area (TPSA) is 37.4 Å². The summed E-state index contributed by atoms with van der Waals surface area (Å²) in [5, 5.41) is 1.23. The second-order valence-corrected chi connectivity index (χ2v) is 9.26. The Morgan fingerprint density at radius 2 is 1.62 bits per heavy atom. The van der Waals surface area contributed by atoms with Crippen molar-refractivity contribution < 1.29 is 21.6 Å². The number of nitrogens with zero attached hydrogens (tertiary/aromatic N) is 1. The zero-order chi connectivity index (χ0) is 20.6. The second-order valence-electron chi connectivity index (χ2n) is 6.34.